The van der Waals surface area contributed by atoms with Gasteiger partial charge in [-0.25, -0.2) is 0 Å². The molecule has 0 fully saturated rings. The minimum absolute atomic E-state index is 0.0660. The van der Waals surface area contributed by atoms with Gasteiger partial charge < -0.3 is 19.2 Å². The number of aliphatic hydroxyl groups is 1. The minimum Gasteiger partial charge on any atom is -0.490 e. The van der Waals surface area contributed by atoms with E-state index in [0.717, 1.165) is 45.6 Å². The molecule has 0 radical (unpaired) electrons. The quantitative estimate of drug-likeness (QED) is 0.331. The molecule has 1 N–H and O–H groups in total. The van der Waals surface area contributed by atoms with Crippen LogP contribution in [0.1, 0.15) is 37.4 Å². The number of likely N-dealkylation sites (N-methyl/N-ethyl adjacent to an activating group) is 1. The van der Waals surface area contributed by atoms with Gasteiger partial charge in [0.15, 0.2) is 0 Å². The van der Waals surface area contributed by atoms with Crippen LogP contribution in [0.4, 0.5) is 0 Å². The summed E-state index contributed by atoms with van der Waals surface area (Å²) >= 11 is 1.61. The van der Waals surface area contributed by atoms with Crippen LogP contribution >= 0.6 is 11.8 Å². The number of aliphatic hydroxyl groups excluding tert-OH is 1. The number of thioether (sulfide) groups is 1. The highest BCUT2D eigenvalue weighted by Crippen LogP contribution is 2.44. The number of carbonyl (C=O) groups is 1. The largest absolute Gasteiger partial charge is 0.490 e. The molecule has 7 nitrogen and oxygen atoms in total. The van der Waals surface area contributed by atoms with Crippen molar-refractivity contribution in [2.45, 2.75) is 43.7 Å². The van der Waals surface area contributed by atoms with Gasteiger partial charge in [-0.15, -0.1) is 11.8 Å². The minimum atomic E-state index is 0.0660. The maximum absolute atomic E-state index is 11.4. The first kappa shape index (κ1) is 24.4. The summed E-state index contributed by atoms with van der Waals surface area (Å²) in [5.41, 5.74) is 4.06. The molecule has 34 heavy (non-hydrogen) atoms. The van der Waals surface area contributed by atoms with Crippen LogP contribution < -0.4 is 4.74 Å². The molecule has 1 aliphatic carbocycles. The molecule has 0 spiro atoms. The van der Waals surface area contributed by atoms with Crippen molar-refractivity contribution in [2.24, 2.45) is 5.92 Å². The zero-order valence-corrected chi connectivity index (χ0v) is 20.8. The number of nitrogens with zero attached hydrogens (tertiary/aromatic N) is 3. The van der Waals surface area contributed by atoms with Crippen LogP contribution in [0, 0.1) is 5.92 Å². The lowest BCUT2D eigenvalue weighted by Crippen LogP contribution is -2.30. The van der Waals surface area contributed by atoms with Crippen molar-refractivity contribution in [3.8, 4) is 28.6 Å². The molecule has 4 rings (SSSR count). The standard InChI is InChI=1S/C26H31N3O4S/c1-16(2)32-22-9-8-18(15-23(22)34-4)26-27-25(28-33-26)20-7-5-6-19-21(20)14-17(10-12-30)24(19)29(3)11-13-31/h5-9,12,15-17,24,31H,10-11,13-14H2,1-4H3/t17-,24?/m1/s1. The normalized spacial score (nSPS) is 17.4. The number of hydrogen-bond donors (Lipinski definition) is 1. The van der Waals surface area contributed by atoms with E-state index in [-0.39, 0.29) is 24.7 Å². The molecule has 0 saturated heterocycles. The Morgan fingerprint density at radius 1 is 1.32 bits per heavy atom. The summed E-state index contributed by atoms with van der Waals surface area (Å²) < 4.78 is 11.6. The summed E-state index contributed by atoms with van der Waals surface area (Å²) in [5.74, 6) is 1.98. The zero-order valence-electron chi connectivity index (χ0n) is 20.0. The Bertz CT molecular complexity index is 1150. The van der Waals surface area contributed by atoms with E-state index in [1.54, 1.807) is 11.8 Å². The second-order valence-corrected chi connectivity index (χ2v) is 9.69. The van der Waals surface area contributed by atoms with Crippen LogP contribution in [-0.4, -0.2) is 59.0 Å². The van der Waals surface area contributed by atoms with E-state index in [4.69, 9.17) is 14.2 Å². The smallest absolute Gasteiger partial charge is 0.258 e. The highest BCUT2D eigenvalue weighted by molar-refractivity contribution is 7.98. The van der Waals surface area contributed by atoms with Gasteiger partial charge in [-0.3, -0.25) is 4.90 Å². The number of ether oxygens (including phenoxy) is 1. The fourth-order valence-electron chi connectivity index (χ4n) is 4.78. The summed E-state index contributed by atoms with van der Waals surface area (Å²) in [4.78, 5) is 19.2. The summed E-state index contributed by atoms with van der Waals surface area (Å²) in [6.45, 7) is 4.63. The number of hydrogen-bond acceptors (Lipinski definition) is 8. The summed E-state index contributed by atoms with van der Waals surface area (Å²) in [5, 5.41) is 13.7. The molecule has 3 aromatic rings. The Morgan fingerprint density at radius 3 is 2.85 bits per heavy atom. The Kier molecular flexibility index (Phi) is 7.70. The van der Waals surface area contributed by atoms with Crippen molar-refractivity contribution < 1.29 is 19.2 Å². The van der Waals surface area contributed by atoms with Gasteiger partial charge in [0.2, 0.25) is 5.82 Å². The third kappa shape index (κ3) is 4.89. The van der Waals surface area contributed by atoms with E-state index in [2.05, 4.69) is 16.1 Å². The molecule has 1 aromatic heterocycles. The maximum Gasteiger partial charge on any atom is 0.258 e. The number of fused-ring (bicyclic) bond motifs is 1. The highest BCUT2D eigenvalue weighted by atomic mass is 32.2. The predicted molar refractivity (Wildman–Crippen MR) is 133 cm³/mol. The van der Waals surface area contributed by atoms with Gasteiger partial charge in [0.1, 0.15) is 12.0 Å². The van der Waals surface area contributed by atoms with Crippen molar-refractivity contribution in [2.75, 3.05) is 26.5 Å². The first-order valence-electron chi connectivity index (χ1n) is 11.5. The molecule has 1 heterocycles. The molecular weight excluding hydrogens is 450 g/mol. The fourth-order valence-corrected chi connectivity index (χ4v) is 5.34. The van der Waals surface area contributed by atoms with E-state index in [0.29, 0.717) is 24.7 Å². The van der Waals surface area contributed by atoms with Gasteiger partial charge in [0.05, 0.1) is 12.7 Å². The summed E-state index contributed by atoms with van der Waals surface area (Å²) in [7, 11) is 1.99. The monoisotopic (exact) mass is 481 g/mol. The van der Waals surface area contributed by atoms with Gasteiger partial charge in [-0.1, -0.05) is 23.4 Å². The third-order valence-corrected chi connectivity index (χ3v) is 6.97. The van der Waals surface area contributed by atoms with E-state index in [1.165, 1.54) is 0 Å². The molecular formula is C26H31N3O4S. The maximum atomic E-state index is 11.4. The lowest BCUT2D eigenvalue weighted by molar-refractivity contribution is -0.109. The first-order valence-corrected chi connectivity index (χ1v) is 12.7. The number of aldehydes is 1. The molecule has 8 heteroatoms. The van der Waals surface area contributed by atoms with E-state index < -0.39 is 0 Å². The van der Waals surface area contributed by atoms with Crippen molar-refractivity contribution in [3.05, 3.63) is 47.5 Å². The molecule has 0 saturated carbocycles. The van der Waals surface area contributed by atoms with E-state index >= 15 is 0 Å². The summed E-state index contributed by atoms with van der Waals surface area (Å²) in [6, 6.07) is 12.1. The Morgan fingerprint density at radius 2 is 2.15 bits per heavy atom. The van der Waals surface area contributed by atoms with Crippen LogP contribution in [0.5, 0.6) is 5.75 Å². The van der Waals surface area contributed by atoms with Gasteiger partial charge >= 0.3 is 0 Å². The second-order valence-electron chi connectivity index (χ2n) is 8.84. The van der Waals surface area contributed by atoms with Crippen molar-refractivity contribution in [3.63, 3.8) is 0 Å². The molecule has 0 amide bonds. The number of aromatic nitrogens is 2. The molecule has 1 unspecified atom stereocenters. The van der Waals surface area contributed by atoms with Crippen molar-refractivity contribution >= 4 is 18.0 Å². The zero-order chi connectivity index (χ0) is 24.2. The van der Waals surface area contributed by atoms with Gasteiger partial charge in [-0.2, -0.15) is 4.98 Å². The predicted octanol–water partition coefficient (Wildman–Crippen LogP) is 4.64. The Labute approximate surface area is 204 Å². The second kappa shape index (κ2) is 10.7. The number of benzene rings is 2. The molecule has 0 aliphatic heterocycles. The van der Waals surface area contributed by atoms with Crippen molar-refractivity contribution in [1.29, 1.82) is 0 Å². The molecule has 0 bridgehead atoms. The lowest BCUT2D eigenvalue weighted by atomic mass is 9.96. The average Bonchev–Trinajstić information content (AvgIpc) is 3.44. The van der Waals surface area contributed by atoms with E-state index in [9.17, 15) is 9.90 Å². The van der Waals surface area contributed by atoms with Gasteiger partial charge in [0.25, 0.3) is 5.89 Å². The topological polar surface area (TPSA) is 88.7 Å². The molecule has 2 aromatic carbocycles. The number of carbonyl (C=O) groups excluding carboxylic acids is 1. The van der Waals surface area contributed by atoms with Crippen LogP contribution in [-0.2, 0) is 11.2 Å². The SMILES string of the molecule is CSc1cc(-c2nc(-c3cccc4c3C[C@@H](CC=O)C4N(C)CCO)no2)ccc1OC(C)C. The molecule has 180 valence electrons. The number of rotatable bonds is 10. The highest BCUT2D eigenvalue weighted by Gasteiger charge is 2.36. The third-order valence-electron chi connectivity index (χ3n) is 6.21. The van der Waals surface area contributed by atoms with Crippen LogP contribution in [0.15, 0.2) is 45.8 Å². The van der Waals surface area contributed by atoms with E-state index in [1.807, 2.05) is 57.5 Å². The Hall–Kier alpha value is -2.68. The van der Waals surface area contributed by atoms with Gasteiger partial charge in [0, 0.05) is 35.0 Å². The lowest BCUT2D eigenvalue weighted by Gasteiger charge is -2.29. The molecule has 1 aliphatic rings. The Balaban J connectivity index is 1.68. The van der Waals surface area contributed by atoms with Crippen LogP contribution in [0.25, 0.3) is 22.8 Å². The average molecular weight is 482 g/mol. The van der Waals surface area contributed by atoms with Crippen LogP contribution in [0.3, 0.4) is 0 Å². The molecule has 2 atom stereocenters. The van der Waals surface area contributed by atoms with Crippen molar-refractivity contribution in [1.82, 2.24) is 15.0 Å². The van der Waals surface area contributed by atoms with Crippen LogP contribution in [0.2, 0.25) is 0 Å². The summed E-state index contributed by atoms with van der Waals surface area (Å²) in [6.07, 6.45) is 4.31. The first-order chi connectivity index (χ1) is 16.5. The fraction of sp³-hybridized carbons (Fsp3) is 0.423. The van der Waals surface area contributed by atoms with Gasteiger partial charge in [-0.05, 0) is 68.8 Å².